The van der Waals surface area contributed by atoms with E-state index >= 15 is 0 Å². The van der Waals surface area contributed by atoms with Gasteiger partial charge in [0.15, 0.2) is 5.69 Å². The lowest BCUT2D eigenvalue weighted by atomic mass is 9.87. The Kier molecular flexibility index (Phi) is 2.60. The molecule has 0 aromatic carbocycles. The molecule has 7 nitrogen and oxygen atoms in total. The van der Waals surface area contributed by atoms with Gasteiger partial charge in [-0.25, -0.2) is 0 Å². The van der Waals surface area contributed by atoms with Crippen molar-refractivity contribution < 1.29 is 9.63 Å². The highest BCUT2D eigenvalue weighted by molar-refractivity contribution is 5.44. The highest BCUT2D eigenvalue weighted by Crippen LogP contribution is 2.32. The molecule has 90 valence electrons. The van der Waals surface area contributed by atoms with E-state index in [1.54, 1.807) is 6.20 Å². The Balaban J connectivity index is 1.80. The van der Waals surface area contributed by atoms with E-state index in [1.165, 1.54) is 0 Å². The van der Waals surface area contributed by atoms with Crippen LogP contribution in [0.3, 0.4) is 0 Å². The van der Waals surface area contributed by atoms with E-state index in [9.17, 15) is 5.11 Å². The molecule has 0 saturated heterocycles. The van der Waals surface area contributed by atoms with Gasteiger partial charge in [0.2, 0.25) is 11.7 Å². The molecular formula is C10H13N5O2. The summed E-state index contributed by atoms with van der Waals surface area (Å²) < 4.78 is 5.22. The summed E-state index contributed by atoms with van der Waals surface area (Å²) in [5, 5.41) is 23.6. The lowest BCUT2D eigenvalue weighted by molar-refractivity contribution is 0.111. The van der Waals surface area contributed by atoms with Gasteiger partial charge in [0.1, 0.15) is 0 Å². The SMILES string of the molecule is OC1CCCC(c2nc(-c3cn[nH]n3)no2)C1. The summed E-state index contributed by atoms with van der Waals surface area (Å²) in [6.07, 6.45) is 4.83. The number of aliphatic hydroxyl groups is 1. The predicted octanol–water partition coefficient (Wildman–Crippen LogP) is 0.873. The third-order valence-corrected chi connectivity index (χ3v) is 3.08. The molecule has 1 aliphatic carbocycles. The van der Waals surface area contributed by atoms with Gasteiger partial charge < -0.3 is 9.63 Å². The number of hydrogen-bond acceptors (Lipinski definition) is 6. The average molecular weight is 235 g/mol. The molecule has 1 fully saturated rings. The van der Waals surface area contributed by atoms with Crippen LogP contribution in [0.4, 0.5) is 0 Å². The average Bonchev–Trinajstić information content (AvgIpc) is 3.00. The molecule has 0 amide bonds. The van der Waals surface area contributed by atoms with Crippen LogP contribution in [0.2, 0.25) is 0 Å². The minimum Gasteiger partial charge on any atom is -0.393 e. The van der Waals surface area contributed by atoms with Gasteiger partial charge in [-0.1, -0.05) is 11.6 Å². The molecule has 2 N–H and O–H groups in total. The topological polar surface area (TPSA) is 101 Å². The third-order valence-electron chi connectivity index (χ3n) is 3.08. The van der Waals surface area contributed by atoms with E-state index in [0.29, 0.717) is 23.8 Å². The second-order valence-corrected chi connectivity index (χ2v) is 4.33. The van der Waals surface area contributed by atoms with E-state index in [1.807, 2.05) is 0 Å². The van der Waals surface area contributed by atoms with Crippen LogP contribution in [0.15, 0.2) is 10.7 Å². The van der Waals surface area contributed by atoms with Crippen molar-refractivity contribution in [3.63, 3.8) is 0 Å². The molecule has 1 saturated carbocycles. The number of hydrogen-bond donors (Lipinski definition) is 2. The second kappa shape index (κ2) is 4.25. The number of nitrogens with zero attached hydrogens (tertiary/aromatic N) is 4. The normalized spacial score (nSPS) is 25.0. The van der Waals surface area contributed by atoms with E-state index in [4.69, 9.17) is 4.52 Å². The quantitative estimate of drug-likeness (QED) is 0.801. The molecule has 0 bridgehead atoms. The highest BCUT2D eigenvalue weighted by Gasteiger charge is 2.26. The van der Waals surface area contributed by atoms with Gasteiger partial charge in [-0.15, -0.1) is 0 Å². The van der Waals surface area contributed by atoms with Crippen LogP contribution in [0.5, 0.6) is 0 Å². The summed E-state index contributed by atoms with van der Waals surface area (Å²) in [5.74, 6) is 1.18. The highest BCUT2D eigenvalue weighted by atomic mass is 16.5. The molecule has 0 aliphatic heterocycles. The van der Waals surface area contributed by atoms with Crippen LogP contribution in [0.1, 0.15) is 37.5 Å². The lowest BCUT2D eigenvalue weighted by Gasteiger charge is -2.22. The number of aliphatic hydroxyl groups excluding tert-OH is 1. The van der Waals surface area contributed by atoms with Crippen LogP contribution in [-0.4, -0.2) is 36.8 Å². The van der Waals surface area contributed by atoms with Gasteiger partial charge in [0, 0.05) is 5.92 Å². The van der Waals surface area contributed by atoms with E-state index in [2.05, 4.69) is 25.6 Å². The Bertz CT molecular complexity index is 481. The van der Waals surface area contributed by atoms with Crippen molar-refractivity contribution in [1.82, 2.24) is 25.6 Å². The molecule has 2 heterocycles. The van der Waals surface area contributed by atoms with Crippen molar-refractivity contribution in [2.75, 3.05) is 0 Å². The first-order valence-electron chi connectivity index (χ1n) is 5.71. The minimum absolute atomic E-state index is 0.159. The fraction of sp³-hybridized carbons (Fsp3) is 0.600. The van der Waals surface area contributed by atoms with Crippen molar-refractivity contribution in [1.29, 1.82) is 0 Å². The Hall–Kier alpha value is -1.76. The largest absolute Gasteiger partial charge is 0.393 e. The Morgan fingerprint density at radius 3 is 3.12 bits per heavy atom. The summed E-state index contributed by atoms with van der Waals surface area (Å²) in [4.78, 5) is 4.30. The first-order valence-corrected chi connectivity index (χ1v) is 5.71. The maximum absolute atomic E-state index is 9.61. The van der Waals surface area contributed by atoms with Gasteiger partial charge in [0.25, 0.3) is 0 Å². The zero-order chi connectivity index (χ0) is 11.7. The minimum atomic E-state index is -0.254. The fourth-order valence-corrected chi connectivity index (χ4v) is 2.20. The maximum Gasteiger partial charge on any atom is 0.230 e. The molecule has 3 rings (SSSR count). The first kappa shape index (κ1) is 10.4. The summed E-state index contributed by atoms with van der Waals surface area (Å²) in [7, 11) is 0. The summed E-state index contributed by atoms with van der Waals surface area (Å²) >= 11 is 0. The molecule has 7 heteroatoms. The van der Waals surface area contributed by atoms with Gasteiger partial charge in [0.05, 0.1) is 12.3 Å². The lowest BCUT2D eigenvalue weighted by Crippen LogP contribution is -2.18. The maximum atomic E-state index is 9.61. The molecule has 1 aliphatic rings. The van der Waals surface area contributed by atoms with Gasteiger partial charge in [-0.3, -0.25) is 0 Å². The molecule has 17 heavy (non-hydrogen) atoms. The van der Waals surface area contributed by atoms with E-state index in [-0.39, 0.29) is 12.0 Å². The Morgan fingerprint density at radius 1 is 1.41 bits per heavy atom. The summed E-state index contributed by atoms with van der Waals surface area (Å²) in [5.41, 5.74) is 0.566. The second-order valence-electron chi connectivity index (χ2n) is 4.33. The fourth-order valence-electron chi connectivity index (χ4n) is 2.20. The van der Waals surface area contributed by atoms with Crippen molar-refractivity contribution >= 4 is 0 Å². The molecular weight excluding hydrogens is 222 g/mol. The van der Waals surface area contributed by atoms with Crippen LogP contribution >= 0.6 is 0 Å². The predicted molar refractivity (Wildman–Crippen MR) is 56.9 cm³/mol. The van der Waals surface area contributed by atoms with Crippen LogP contribution in [0, 0.1) is 0 Å². The molecule has 0 radical (unpaired) electrons. The van der Waals surface area contributed by atoms with Crippen LogP contribution in [0.25, 0.3) is 11.5 Å². The third kappa shape index (κ3) is 2.05. The number of aromatic nitrogens is 5. The van der Waals surface area contributed by atoms with Gasteiger partial charge in [-0.05, 0) is 19.3 Å². The standard InChI is InChI=1S/C10H13N5O2/c16-7-3-1-2-6(4-7)10-12-9(14-17-10)8-5-11-15-13-8/h5-7,16H,1-4H2,(H,11,13,15). The van der Waals surface area contributed by atoms with Crippen LogP contribution < -0.4 is 0 Å². The van der Waals surface area contributed by atoms with Crippen molar-refractivity contribution in [3.8, 4) is 11.5 Å². The number of rotatable bonds is 2. The zero-order valence-corrected chi connectivity index (χ0v) is 9.20. The van der Waals surface area contributed by atoms with Gasteiger partial charge in [-0.2, -0.15) is 20.4 Å². The molecule has 2 atom stereocenters. The number of aromatic amines is 1. The zero-order valence-electron chi connectivity index (χ0n) is 9.20. The number of nitrogens with one attached hydrogen (secondary N) is 1. The molecule has 0 spiro atoms. The summed E-state index contributed by atoms with van der Waals surface area (Å²) in [6, 6.07) is 0. The monoisotopic (exact) mass is 235 g/mol. The van der Waals surface area contributed by atoms with E-state index < -0.39 is 0 Å². The van der Waals surface area contributed by atoms with Crippen molar-refractivity contribution in [2.24, 2.45) is 0 Å². The Morgan fingerprint density at radius 2 is 2.35 bits per heavy atom. The molecule has 2 aromatic heterocycles. The summed E-state index contributed by atoms with van der Waals surface area (Å²) in [6.45, 7) is 0. The smallest absolute Gasteiger partial charge is 0.230 e. The first-order chi connectivity index (χ1) is 8.33. The van der Waals surface area contributed by atoms with E-state index in [0.717, 1.165) is 19.3 Å². The van der Waals surface area contributed by atoms with Crippen LogP contribution in [-0.2, 0) is 0 Å². The van der Waals surface area contributed by atoms with Gasteiger partial charge >= 0.3 is 0 Å². The van der Waals surface area contributed by atoms with Crippen molar-refractivity contribution in [2.45, 2.75) is 37.7 Å². The molecule has 2 aromatic rings. The number of H-pyrrole nitrogens is 1. The van der Waals surface area contributed by atoms with Crippen molar-refractivity contribution in [3.05, 3.63) is 12.1 Å². The molecule has 2 unspecified atom stereocenters. The Labute approximate surface area is 97.2 Å².